The molecule has 1 N–H and O–H groups in total. The Bertz CT molecular complexity index is 832. The number of rotatable bonds is 6. The van der Waals surface area contributed by atoms with Gasteiger partial charge in [-0.05, 0) is 42.3 Å². The van der Waals surface area contributed by atoms with E-state index in [2.05, 4.69) is 5.32 Å². The predicted octanol–water partition coefficient (Wildman–Crippen LogP) is 2.21. The molecule has 0 radical (unpaired) electrons. The van der Waals surface area contributed by atoms with Crippen LogP contribution in [-0.2, 0) is 16.3 Å². The first-order valence-corrected chi connectivity index (χ1v) is 9.11. The lowest BCUT2D eigenvalue weighted by Gasteiger charge is -2.10. The second kappa shape index (κ2) is 7.44. The molecule has 0 aliphatic rings. The highest BCUT2D eigenvalue weighted by Crippen LogP contribution is 2.24. The molecule has 0 aliphatic carbocycles. The maximum absolute atomic E-state index is 12.8. The smallest absolute Gasteiger partial charge is 0.251 e. The van der Waals surface area contributed by atoms with Crippen LogP contribution in [0, 0.1) is 5.82 Å². The van der Waals surface area contributed by atoms with E-state index in [1.54, 1.807) is 12.1 Å². The number of sulfone groups is 1. The van der Waals surface area contributed by atoms with Crippen molar-refractivity contribution >= 4 is 15.7 Å². The van der Waals surface area contributed by atoms with E-state index in [-0.39, 0.29) is 27.9 Å². The fraction of sp³-hybridized carbons (Fsp3) is 0.235. The quantitative estimate of drug-likeness (QED) is 0.866. The summed E-state index contributed by atoms with van der Waals surface area (Å²) in [6, 6.07) is 10.3. The summed E-state index contributed by atoms with van der Waals surface area (Å²) in [5.41, 5.74) is 1.12. The Kier molecular flexibility index (Phi) is 5.56. The summed E-state index contributed by atoms with van der Waals surface area (Å²) < 4.78 is 41.4. The average Bonchev–Trinajstić information content (AvgIpc) is 2.55. The fourth-order valence-electron chi connectivity index (χ4n) is 2.18. The number of benzene rings is 2. The minimum Gasteiger partial charge on any atom is -0.495 e. The molecule has 0 bridgehead atoms. The van der Waals surface area contributed by atoms with E-state index >= 15 is 0 Å². The number of methoxy groups -OCH3 is 1. The molecule has 0 saturated heterocycles. The van der Waals surface area contributed by atoms with Crippen molar-refractivity contribution in [2.45, 2.75) is 11.3 Å². The molecule has 0 fully saturated rings. The van der Waals surface area contributed by atoms with Crippen LogP contribution in [0.1, 0.15) is 15.9 Å². The zero-order valence-corrected chi connectivity index (χ0v) is 14.2. The highest BCUT2D eigenvalue weighted by Gasteiger charge is 2.17. The summed E-state index contributed by atoms with van der Waals surface area (Å²) in [5, 5.41) is 2.71. The number of halogens is 1. The van der Waals surface area contributed by atoms with Crippen LogP contribution >= 0.6 is 0 Å². The number of amides is 1. The molecule has 0 atom stereocenters. The summed E-state index contributed by atoms with van der Waals surface area (Å²) in [6.07, 6.45) is 1.60. The number of nitrogens with one attached hydrogen (secondary N) is 1. The molecule has 0 unspecified atom stereocenters. The second-order valence-electron chi connectivity index (χ2n) is 5.27. The van der Waals surface area contributed by atoms with Gasteiger partial charge in [0.05, 0.1) is 7.11 Å². The SMILES string of the molecule is COc1ccc(C(=O)NCCc2ccc(F)cc2)cc1S(C)(=O)=O. The lowest BCUT2D eigenvalue weighted by Crippen LogP contribution is -2.25. The van der Waals surface area contributed by atoms with Crippen LogP contribution in [0.15, 0.2) is 47.4 Å². The van der Waals surface area contributed by atoms with Gasteiger partial charge in [-0.2, -0.15) is 0 Å². The summed E-state index contributed by atoms with van der Waals surface area (Å²) in [4.78, 5) is 12.1. The lowest BCUT2D eigenvalue weighted by molar-refractivity contribution is 0.0954. The monoisotopic (exact) mass is 351 g/mol. The zero-order valence-electron chi connectivity index (χ0n) is 13.4. The third kappa shape index (κ3) is 4.55. The van der Waals surface area contributed by atoms with Gasteiger partial charge in [0.15, 0.2) is 9.84 Å². The van der Waals surface area contributed by atoms with Crippen LogP contribution in [-0.4, -0.2) is 34.2 Å². The van der Waals surface area contributed by atoms with Gasteiger partial charge in [-0.1, -0.05) is 12.1 Å². The first kappa shape index (κ1) is 17.9. The predicted molar refractivity (Wildman–Crippen MR) is 88.5 cm³/mol. The Hall–Kier alpha value is -2.41. The van der Waals surface area contributed by atoms with E-state index in [4.69, 9.17) is 4.74 Å². The highest BCUT2D eigenvalue weighted by atomic mass is 32.2. The van der Waals surface area contributed by atoms with Crippen LogP contribution in [0.5, 0.6) is 5.75 Å². The van der Waals surface area contributed by atoms with Crippen LogP contribution in [0.2, 0.25) is 0 Å². The molecule has 128 valence electrons. The molecule has 0 aliphatic heterocycles. The molecule has 2 aromatic rings. The van der Waals surface area contributed by atoms with E-state index in [9.17, 15) is 17.6 Å². The molecule has 0 heterocycles. The first-order chi connectivity index (χ1) is 11.3. The zero-order chi connectivity index (χ0) is 17.7. The van der Waals surface area contributed by atoms with Gasteiger partial charge in [0.1, 0.15) is 16.5 Å². The second-order valence-corrected chi connectivity index (χ2v) is 7.25. The van der Waals surface area contributed by atoms with Gasteiger partial charge in [0.25, 0.3) is 5.91 Å². The molecule has 0 saturated carbocycles. The van der Waals surface area contributed by atoms with Gasteiger partial charge >= 0.3 is 0 Å². The fourth-order valence-corrected chi connectivity index (χ4v) is 3.04. The topological polar surface area (TPSA) is 72.5 Å². The molecule has 5 nitrogen and oxygen atoms in total. The van der Waals surface area contributed by atoms with Gasteiger partial charge in [-0.3, -0.25) is 4.79 Å². The van der Waals surface area contributed by atoms with Crippen LogP contribution < -0.4 is 10.1 Å². The summed E-state index contributed by atoms with van der Waals surface area (Å²) in [5.74, 6) is -0.501. The standard InChI is InChI=1S/C17H18FNO4S/c1-23-15-8-5-13(11-16(15)24(2,21)22)17(20)19-10-9-12-3-6-14(18)7-4-12/h3-8,11H,9-10H2,1-2H3,(H,19,20). The Labute approximate surface area is 140 Å². The van der Waals surface area contributed by atoms with Crippen LogP contribution in [0.25, 0.3) is 0 Å². The Balaban J connectivity index is 2.05. The number of hydrogen-bond acceptors (Lipinski definition) is 4. The van der Waals surface area contributed by atoms with Crippen molar-refractivity contribution < 1.29 is 22.3 Å². The number of hydrogen-bond donors (Lipinski definition) is 1. The van der Waals surface area contributed by atoms with E-state index in [1.165, 1.54) is 37.4 Å². The number of carbonyl (C=O) groups excluding carboxylic acids is 1. The third-order valence-electron chi connectivity index (χ3n) is 3.44. The average molecular weight is 351 g/mol. The summed E-state index contributed by atoms with van der Waals surface area (Å²) in [7, 11) is -2.14. The molecule has 2 aromatic carbocycles. The van der Waals surface area contributed by atoms with Crippen molar-refractivity contribution in [3.05, 3.63) is 59.4 Å². The van der Waals surface area contributed by atoms with E-state index in [0.29, 0.717) is 13.0 Å². The normalized spacial score (nSPS) is 11.1. The maximum atomic E-state index is 12.8. The van der Waals surface area contributed by atoms with Crippen molar-refractivity contribution in [3.8, 4) is 5.75 Å². The lowest BCUT2D eigenvalue weighted by atomic mass is 10.1. The molecular formula is C17H18FNO4S. The van der Waals surface area contributed by atoms with Gasteiger partial charge in [0.2, 0.25) is 0 Å². The van der Waals surface area contributed by atoms with Gasteiger partial charge < -0.3 is 10.1 Å². The Morgan fingerprint density at radius 2 is 1.83 bits per heavy atom. The van der Waals surface area contributed by atoms with Crippen LogP contribution in [0.4, 0.5) is 4.39 Å². The van der Waals surface area contributed by atoms with Crippen molar-refractivity contribution in [2.24, 2.45) is 0 Å². The molecule has 0 spiro atoms. The van der Waals surface area contributed by atoms with Gasteiger partial charge in [-0.15, -0.1) is 0 Å². The Morgan fingerprint density at radius 1 is 1.17 bits per heavy atom. The van der Waals surface area contributed by atoms with Crippen molar-refractivity contribution in [2.75, 3.05) is 19.9 Å². The first-order valence-electron chi connectivity index (χ1n) is 7.22. The van der Waals surface area contributed by atoms with Crippen molar-refractivity contribution in [1.29, 1.82) is 0 Å². The number of ether oxygens (including phenoxy) is 1. The highest BCUT2D eigenvalue weighted by molar-refractivity contribution is 7.90. The maximum Gasteiger partial charge on any atom is 0.251 e. The number of carbonyl (C=O) groups is 1. The minimum absolute atomic E-state index is 0.0313. The van der Waals surface area contributed by atoms with Crippen molar-refractivity contribution in [1.82, 2.24) is 5.32 Å². The third-order valence-corrected chi connectivity index (χ3v) is 4.56. The molecule has 1 amide bonds. The van der Waals surface area contributed by atoms with Gasteiger partial charge in [-0.25, -0.2) is 12.8 Å². The molecule has 24 heavy (non-hydrogen) atoms. The summed E-state index contributed by atoms with van der Waals surface area (Å²) in [6.45, 7) is 0.352. The minimum atomic E-state index is -3.51. The van der Waals surface area contributed by atoms with Crippen molar-refractivity contribution in [3.63, 3.8) is 0 Å². The molecule has 7 heteroatoms. The molecule has 0 aromatic heterocycles. The summed E-state index contributed by atoms with van der Waals surface area (Å²) >= 11 is 0. The van der Waals surface area contributed by atoms with Crippen LogP contribution in [0.3, 0.4) is 0 Å². The molecule has 2 rings (SSSR count). The Morgan fingerprint density at radius 3 is 2.42 bits per heavy atom. The largest absolute Gasteiger partial charge is 0.495 e. The van der Waals surface area contributed by atoms with E-state index in [0.717, 1.165) is 11.8 Å². The van der Waals surface area contributed by atoms with E-state index in [1.807, 2.05) is 0 Å². The van der Waals surface area contributed by atoms with E-state index < -0.39 is 9.84 Å². The molecular weight excluding hydrogens is 333 g/mol. The van der Waals surface area contributed by atoms with Gasteiger partial charge in [0, 0.05) is 18.4 Å².